The number of H-pyrrole nitrogens is 1. The van der Waals surface area contributed by atoms with Crippen LogP contribution in [-0.2, 0) is 11.2 Å². The number of para-hydroxylation sites is 1. The first kappa shape index (κ1) is 20.5. The summed E-state index contributed by atoms with van der Waals surface area (Å²) in [5.74, 6) is 0.804. The monoisotopic (exact) mass is 443 g/mol. The van der Waals surface area contributed by atoms with Crippen molar-refractivity contribution < 1.29 is 9.53 Å². The molecule has 0 bridgehead atoms. The minimum atomic E-state index is -0.256. The lowest BCUT2D eigenvalue weighted by Crippen LogP contribution is -2.46. The molecule has 2 aromatic carbocycles. The molecule has 2 fully saturated rings. The summed E-state index contributed by atoms with van der Waals surface area (Å²) in [5.41, 5.74) is 2.71. The Hall–Kier alpha value is -3.12. The van der Waals surface area contributed by atoms with Gasteiger partial charge in [0.2, 0.25) is 5.91 Å². The second-order valence-electron chi connectivity index (χ2n) is 9.53. The minimum absolute atomic E-state index is 0.0553. The van der Waals surface area contributed by atoms with Crippen LogP contribution >= 0.6 is 0 Å². The predicted octanol–water partition coefficient (Wildman–Crippen LogP) is 4.53. The number of rotatable bonds is 4. The number of pyridine rings is 1. The van der Waals surface area contributed by atoms with Gasteiger partial charge in [-0.15, -0.1) is 0 Å². The Kier molecular flexibility index (Phi) is 5.18. The van der Waals surface area contributed by atoms with Crippen LogP contribution in [0.2, 0.25) is 0 Å². The van der Waals surface area contributed by atoms with Gasteiger partial charge in [-0.25, -0.2) is 0 Å². The van der Waals surface area contributed by atoms with Crippen LogP contribution in [0.5, 0.6) is 5.75 Å². The lowest BCUT2D eigenvalue weighted by molar-refractivity contribution is -0.118. The summed E-state index contributed by atoms with van der Waals surface area (Å²) in [6.45, 7) is 2.24. The number of hydrogen-bond donors (Lipinski definition) is 1. The van der Waals surface area contributed by atoms with E-state index < -0.39 is 0 Å². The largest absolute Gasteiger partial charge is 0.490 e. The zero-order valence-corrected chi connectivity index (χ0v) is 18.8. The van der Waals surface area contributed by atoms with E-state index in [1.54, 1.807) is 4.90 Å². The Morgan fingerprint density at radius 3 is 2.48 bits per heavy atom. The van der Waals surface area contributed by atoms with Gasteiger partial charge >= 0.3 is 0 Å². The van der Waals surface area contributed by atoms with E-state index in [4.69, 9.17) is 4.74 Å². The highest BCUT2D eigenvalue weighted by molar-refractivity contribution is 6.04. The fourth-order valence-electron chi connectivity index (χ4n) is 5.41. The number of amides is 1. The Morgan fingerprint density at radius 1 is 0.879 bits per heavy atom. The molecule has 1 N–H and O–H groups in total. The number of likely N-dealkylation sites (tertiary alicyclic amines) is 1. The van der Waals surface area contributed by atoms with E-state index in [1.807, 2.05) is 42.5 Å². The first-order valence-electron chi connectivity index (χ1n) is 12.1. The van der Waals surface area contributed by atoms with Crippen LogP contribution < -0.4 is 15.2 Å². The van der Waals surface area contributed by atoms with E-state index in [-0.39, 0.29) is 17.6 Å². The quantitative estimate of drug-likeness (QED) is 0.643. The number of anilines is 2. The van der Waals surface area contributed by atoms with Crippen molar-refractivity contribution in [1.82, 2.24) is 9.88 Å². The molecule has 0 spiro atoms. The van der Waals surface area contributed by atoms with E-state index in [0.717, 1.165) is 59.9 Å². The highest BCUT2D eigenvalue weighted by Crippen LogP contribution is 2.36. The third-order valence-corrected chi connectivity index (χ3v) is 7.49. The number of aryl methyl sites for hydroxylation is 1. The second kappa shape index (κ2) is 8.34. The topological polar surface area (TPSA) is 65.6 Å². The number of fused-ring (bicyclic) bond motifs is 2. The Balaban J connectivity index is 1.24. The van der Waals surface area contributed by atoms with Crippen LogP contribution in [0, 0.1) is 0 Å². The molecule has 6 rings (SSSR count). The maximum absolute atomic E-state index is 12.9. The first-order chi connectivity index (χ1) is 16.2. The minimum Gasteiger partial charge on any atom is -0.490 e. The average Bonchev–Trinajstić information content (AvgIpc) is 2.79. The summed E-state index contributed by atoms with van der Waals surface area (Å²) >= 11 is 0. The van der Waals surface area contributed by atoms with Crippen LogP contribution in [0.1, 0.15) is 44.1 Å². The fraction of sp³-hybridized carbons (Fsp3) is 0.407. The molecule has 0 unspecified atom stereocenters. The van der Waals surface area contributed by atoms with Gasteiger partial charge in [0, 0.05) is 36.5 Å². The molecule has 3 aromatic rings. The van der Waals surface area contributed by atoms with Gasteiger partial charge in [-0.3, -0.25) is 14.5 Å². The van der Waals surface area contributed by atoms with Crippen molar-refractivity contribution in [2.75, 3.05) is 18.0 Å². The normalized spacial score (nSPS) is 20.0. The van der Waals surface area contributed by atoms with Crippen molar-refractivity contribution in [3.63, 3.8) is 0 Å². The van der Waals surface area contributed by atoms with Crippen LogP contribution in [-0.4, -0.2) is 41.0 Å². The number of aromatic amines is 1. The molecule has 0 atom stereocenters. The molecule has 6 heteroatoms. The first-order valence-corrected chi connectivity index (χ1v) is 12.1. The SMILES string of the molecule is O=C1CCc2cc(OC3CCN(C4CCC4)CC3)ccc2N1c1cc2ccccc2[nH]c1=O. The maximum atomic E-state index is 12.9. The van der Waals surface area contributed by atoms with Gasteiger partial charge in [0.15, 0.2) is 0 Å². The Bertz CT molecular complexity index is 1250. The molecular weight excluding hydrogens is 414 g/mol. The Labute approximate surface area is 193 Å². The molecule has 0 radical (unpaired) electrons. The molecule has 3 aliphatic rings. The van der Waals surface area contributed by atoms with Crippen molar-refractivity contribution in [1.29, 1.82) is 0 Å². The molecule has 1 aliphatic carbocycles. The third kappa shape index (κ3) is 3.82. The Morgan fingerprint density at radius 2 is 1.70 bits per heavy atom. The van der Waals surface area contributed by atoms with E-state index in [9.17, 15) is 9.59 Å². The van der Waals surface area contributed by atoms with Gasteiger partial charge in [0.1, 0.15) is 17.5 Å². The van der Waals surface area contributed by atoms with E-state index in [1.165, 1.54) is 19.3 Å². The van der Waals surface area contributed by atoms with E-state index >= 15 is 0 Å². The molecule has 1 saturated heterocycles. The number of carbonyl (C=O) groups excluding carboxylic acids is 1. The number of hydrogen-bond acceptors (Lipinski definition) is 4. The summed E-state index contributed by atoms with van der Waals surface area (Å²) in [5, 5.41) is 0.903. The summed E-state index contributed by atoms with van der Waals surface area (Å²) in [7, 11) is 0. The molecule has 6 nitrogen and oxygen atoms in total. The number of nitrogens with zero attached hydrogens (tertiary/aromatic N) is 2. The lowest BCUT2D eigenvalue weighted by Gasteiger charge is -2.41. The molecular formula is C27H29N3O3. The molecule has 1 amide bonds. The number of ether oxygens (including phenoxy) is 1. The number of nitrogens with one attached hydrogen (secondary N) is 1. The zero-order chi connectivity index (χ0) is 22.4. The zero-order valence-electron chi connectivity index (χ0n) is 18.8. The van der Waals surface area contributed by atoms with Crippen LogP contribution in [0.4, 0.5) is 11.4 Å². The van der Waals surface area contributed by atoms with Gasteiger partial charge in [-0.05, 0) is 68.0 Å². The lowest BCUT2D eigenvalue weighted by atomic mass is 9.90. The molecule has 3 heterocycles. The number of piperidine rings is 1. The van der Waals surface area contributed by atoms with Gasteiger partial charge in [-0.2, -0.15) is 0 Å². The van der Waals surface area contributed by atoms with Crippen LogP contribution in [0.3, 0.4) is 0 Å². The molecule has 2 aliphatic heterocycles. The molecule has 170 valence electrons. The van der Waals surface area contributed by atoms with Crippen LogP contribution in [0.25, 0.3) is 10.9 Å². The summed E-state index contributed by atoms with van der Waals surface area (Å²) < 4.78 is 6.35. The number of benzene rings is 2. The summed E-state index contributed by atoms with van der Waals surface area (Å²) in [4.78, 5) is 32.9. The molecule has 33 heavy (non-hydrogen) atoms. The fourth-order valence-corrected chi connectivity index (χ4v) is 5.41. The predicted molar refractivity (Wildman–Crippen MR) is 129 cm³/mol. The van der Waals surface area contributed by atoms with Gasteiger partial charge in [-0.1, -0.05) is 24.6 Å². The van der Waals surface area contributed by atoms with Crippen molar-refractivity contribution in [2.24, 2.45) is 0 Å². The van der Waals surface area contributed by atoms with Crippen molar-refractivity contribution in [2.45, 2.75) is 57.1 Å². The maximum Gasteiger partial charge on any atom is 0.272 e. The molecule has 1 aromatic heterocycles. The smallest absolute Gasteiger partial charge is 0.272 e. The van der Waals surface area contributed by atoms with Crippen molar-refractivity contribution in [3.05, 3.63) is 64.4 Å². The van der Waals surface area contributed by atoms with Crippen LogP contribution in [0.15, 0.2) is 53.3 Å². The second-order valence-corrected chi connectivity index (χ2v) is 9.53. The summed E-state index contributed by atoms with van der Waals surface area (Å²) in [6, 6.07) is 16.2. The van der Waals surface area contributed by atoms with Crippen molar-refractivity contribution in [3.8, 4) is 5.75 Å². The van der Waals surface area contributed by atoms with E-state index in [0.29, 0.717) is 18.5 Å². The standard InChI is InChI=1S/C27H29N3O3/c31-26-11-8-19-16-22(33-21-12-14-29(15-13-21)20-5-3-6-20)9-10-24(19)30(26)25-17-18-4-1-2-7-23(18)28-27(25)32/h1-2,4,7,9-10,16-17,20-21H,3,5-6,8,11-15H2,(H,28,32). The summed E-state index contributed by atoms with van der Waals surface area (Å²) in [6.07, 6.45) is 7.48. The highest BCUT2D eigenvalue weighted by atomic mass is 16.5. The number of carbonyl (C=O) groups is 1. The molecule has 1 saturated carbocycles. The van der Waals surface area contributed by atoms with E-state index in [2.05, 4.69) is 16.0 Å². The van der Waals surface area contributed by atoms with Gasteiger partial charge in [0.05, 0.1) is 5.69 Å². The van der Waals surface area contributed by atoms with Gasteiger partial charge < -0.3 is 14.6 Å². The van der Waals surface area contributed by atoms with Crippen molar-refractivity contribution >= 4 is 28.2 Å². The highest BCUT2D eigenvalue weighted by Gasteiger charge is 2.31. The van der Waals surface area contributed by atoms with Gasteiger partial charge in [0.25, 0.3) is 5.56 Å². The average molecular weight is 444 g/mol. The number of aromatic nitrogens is 1. The third-order valence-electron chi connectivity index (χ3n) is 7.49.